The van der Waals surface area contributed by atoms with E-state index in [0.717, 1.165) is 6.42 Å². The van der Waals surface area contributed by atoms with Crippen molar-refractivity contribution in [2.45, 2.75) is 6.42 Å². The molecule has 0 unspecified atom stereocenters. The number of ketones is 1. The molecule has 2 rings (SSSR count). The number of nitrogens with one attached hydrogen (secondary N) is 1. The van der Waals surface area contributed by atoms with Gasteiger partial charge in [0.05, 0.1) is 11.5 Å². The van der Waals surface area contributed by atoms with Gasteiger partial charge in [0.2, 0.25) is 5.91 Å². The molecular formula is C18H19NO2S. The van der Waals surface area contributed by atoms with Gasteiger partial charge < -0.3 is 5.32 Å². The third-order valence-corrected chi connectivity index (χ3v) is 4.07. The van der Waals surface area contributed by atoms with Crippen LogP contribution in [-0.2, 0) is 11.2 Å². The first-order valence-electron chi connectivity index (χ1n) is 7.22. The number of hydrogen-bond acceptors (Lipinski definition) is 3. The lowest BCUT2D eigenvalue weighted by molar-refractivity contribution is -0.118. The first-order valence-corrected chi connectivity index (χ1v) is 8.38. The van der Waals surface area contributed by atoms with Gasteiger partial charge >= 0.3 is 0 Å². The van der Waals surface area contributed by atoms with Crippen LogP contribution in [0.1, 0.15) is 15.9 Å². The molecule has 0 spiro atoms. The Balaban J connectivity index is 1.61. The van der Waals surface area contributed by atoms with Crippen molar-refractivity contribution in [2.75, 3.05) is 18.1 Å². The second kappa shape index (κ2) is 9.05. The molecule has 2 aromatic carbocycles. The standard InChI is InChI=1S/C18H19NO2S/c20-17(16-9-5-2-6-10-16)13-22-14-18(21)19-12-11-15-7-3-1-4-8-15/h1-10H,11-14H2,(H,19,21). The lowest BCUT2D eigenvalue weighted by atomic mass is 10.1. The molecule has 0 aliphatic carbocycles. The Bertz CT molecular complexity index is 599. The van der Waals surface area contributed by atoms with Crippen LogP contribution < -0.4 is 5.32 Å². The molecule has 0 heterocycles. The van der Waals surface area contributed by atoms with Crippen LogP contribution in [0.5, 0.6) is 0 Å². The van der Waals surface area contributed by atoms with Crippen LogP contribution in [0.4, 0.5) is 0 Å². The quantitative estimate of drug-likeness (QED) is 0.762. The number of Topliss-reactive ketones (excluding diaryl/α,β-unsaturated/α-hetero) is 1. The average Bonchev–Trinajstić information content (AvgIpc) is 2.56. The molecule has 1 amide bonds. The van der Waals surface area contributed by atoms with E-state index in [1.165, 1.54) is 17.3 Å². The topological polar surface area (TPSA) is 46.2 Å². The van der Waals surface area contributed by atoms with Crippen molar-refractivity contribution in [3.8, 4) is 0 Å². The molecule has 22 heavy (non-hydrogen) atoms. The minimum absolute atomic E-state index is 0.0261. The zero-order valence-corrected chi connectivity index (χ0v) is 13.1. The van der Waals surface area contributed by atoms with Gasteiger partial charge in [-0.2, -0.15) is 0 Å². The smallest absolute Gasteiger partial charge is 0.230 e. The van der Waals surface area contributed by atoms with Crippen LogP contribution in [0.2, 0.25) is 0 Å². The molecule has 0 fully saturated rings. The van der Waals surface area contributed by atoms with Crippen LogP contribution >= 0.6 is 11.8 Å². The highest BCUT2D eigenvalue weighted by atomic mass is 32.2. The van der Waals surface area contributed by atoms with Gasteiger partial charge in [-0.05, 0) is 12.0 Å². The average molecular weight is 313 g/mol. The molecule has 3 nitrogen and oxygen atoms in total. The molecule has 0 aliphatic heterocycles. The van der Waals surface area contributed by atoms with Gasteiger partial charge in [-0.3, -0.25) is 9.59 Å². The monoisotopic (exact) mass is 313 g/mol. The van der Waals surface area contributed by atoms with Crippen molar-refractivity contribution >= 4 is 23.5 Å². The molecule has 0 saturated heterocycles. The minimum atomic E-state index is -0.0261. The van der Waals surface area contributed by atoms with E-state index in [0.29, 0.717) is 23.6 Å². The van der Waals surface area contributed by atoms with E-state index in [-0.39, 0.29) is 11.7 Å². The molecule has 2 aromatic rings. The van der Waals surface area contributed by atoms with Gasteiger partial charge in [-0.15, -0.1) is 11.8 Å². The van der Waals surface area contributed by atoms with Crippen LogP contribution in [0.15, 0.2) is 60.7 Å². The van der Waals surface area contributed by atoms with E-state index in [1.807, 2.05) is 48.5 Å². The highest BCUT2D eigenvalue weighted by molar-refractivity contribution is 8.00. The summed E-state index contributed by atoms with van der Waals surface area (Å²) in [5.41, 5.74) is 1.90. The third-order valence-electron chi connectivity index (χ3n) is 3.14. The number of rotatable bonds is 8. The van der Waals surface area contributed by atoms with Crippen molar-refractivity contribution in [3.63, 3.8) is 0 Å². The molecule has 0 atom stereocenters. The van der Waals surface area contributed by atoms with Crippen LogP contribution in [-0.4, -0.2) is 29.7 Å². The highest BCUT2D eigenvalue weighted by Gasteiger charge is 2.07. The molecule has 114 valence electrons. The SMILES string of the molecule is O=C(CSCC(=O)c1ccccc1)NCCc1ccccc1. The zero-order chi connectivity index (χ0) is 15.6. The number of benzene rings is 2. The number of amides is 1. The summed E-state index contributed by atoms with van der Waals surface area (Å²) in [6.45, 7) is 0.621. The second-order valence-electron chi connectivity index (χ2n) is 4.87. The summed E-state index contributed by atoms with van der Waals surface area (Å²) in [5, 5.41) is 2.87. The summed E-state index contributed by atoms with van der Waals surface area (Å²) in [6, 6.07) is 19.2. The fourth-order valence-corrected chi connectivity index (χ4v) is 2.73. The largest absolute Gasteiger partial charge is 0.355 e. The van der Waals surface area contributed by atoms with E-state index >= 15 is 0 Å². The van der Waals surface area contributed by atoms with Crippen molar-refractivity contribution in [1.82, 2.24) is 5.32 Å². The van der Waals surface area contributed by atoms with E-state index in [2.05, 4.69) is 5.32 Å². The highest BCUT2D eigenvalue weighted by Crippen LogP contribution is 2.07. The molecule has 0 saturated carbocycles. The molecule has 4 heteroatoms. The number of thioether (sulfide) groups is 1. The molecule has 0 radical (unpaired) electrons. The van der Waals surface area contributed by atoms with Crippen molar-refractivity contribution < 1.29 is 9.59 Å². The van der Waals surface area contributed by atoms with Crippen LogP contribution in [0.3, 0.4) is 0 Å². The van der Waals surface area contributed by atoms with Gasteiger partial charge in [0.1, 0.15) is 0 Å². The zero-order valence-electron chi connectivity index (χ0n) is 12.3. The number of carbonyl (C=O) groups is 2. The maximum Gasteiger partial charge on any atom is 0.230 e. The fraction of sp³-hybridized carbons (Fsp3) is 0.222. The Labute approximate surface area is 135 Å². The minimum Gasteiger partial charge on any atom is -0.355 e. The Morgan fingerprint density at radius 2 is 1.50 bits per heavy atom. The number of carbonyl (C=O) groups excluding carboxylic acids is 2. The van der Waals surface area contributed by atoms with Gasteiger partial charge in [-0.1, -0.05) is 60.7 Å². The van der Waals surface area contributed by atoms with Gasteiger partial charge in [0.15, 0.2) is 5.78 Å². The summed E-state index contributed by atoms with van der Waals surface area (Å²) < 4.78 is 0. The Morgan fingerprint density at radius 1 is 0.864 bits per heavy atom. The predicted octanol–water partition coefficient (Wildman–Crippen LogP) is 2.96. The van der Waals surface area contributed by atoms with Crippen molar-refractivity contribution in [2.24, 2.45) is 0 Å². The van der Waals surface area contributed by atoms with Gasteiger partial charge in [0.25, 0.3) is 0 Å². The van der Waals surface area contributed by atoms with Crippen LogP contribution in [0.25, 0.3) is 0 Å². The summed E-state index contributed by atoms with van der Waals surface area (Å²) in [7, 11) is 0. The van der Waals surface area contributed by atoms with Crippen molar-refractivity contribution in [3.05, 3.63) is 71.8 Å². The third kappa shape index (κ3) is 5.74. The maximum atomic E-state index is 11.9. The summed E-state index contributed by atoms with van der Waals surface area (Å²) >= 11 is 1.35. The molecule has 0 aromatic heterocycles. The fourth-order valence-electron chi connectivity index (χ4n) is 1.99. The lowest BCUT2D eigenvalue weighted by Crippen LogP contribution is -2.27. The van der Waals surface area contributed by atoms with Crippen LogP contribution in [0, 0.1) is 0 Å². The Hall–Kier alpha value is -2.07. The van der Waals surface area contributed by atoms with Crippen molar-refractivity contribution in [1.29, 1.82) is 0 Å². The lowest BCUT2D eigenvalue weighted by Gasteiger charge is -2.05. The normalized spacial score (nSPS) is 10.2. The molecule has 0 aliphatic rings. The second-order valence-corrected chi connectivity index (χ2v) is 5.85. The van der Waals surface area contributed by atoms with E-state index in [1.54, 1.807) is 12.1 Å². The first-order chi connectivity index (χ1) is 10.8. The molecule has 0 bridgehead atoms. The van der Waals surface area contributed by atoms with Gasteiger partial charge in [-0.25, -0.2) is 0 Å². The molecular weight excluding hydrogens is 294 g/mol. The maximum absolute atomic E-state index is 11.9. The van der Waals surface area contributed by atoms with E-state index in [9.17, 15) is 9.59 Å². The summed E-state index contributed by atoms with van der Waals surface area (Å²) in [6.07, 6.45) is 0.820. The first kappa shape index (κ1) is 16.3. The summed E-state index contributed by atoms with van der Waals surface area (Å²) in [5.74, 6) is 0.674. The summed E-state index contributed by atoms with van der Waals surface area (Å²) in [4.78, 5) is 23.6. The predicted molar refractivity (Wildman–Crippen MR) is 91.3 cm³/mol. The Morgan fingerprint density at radius 3 is 2.18 bits per heavy atom. The van der Waals surface area contributed by atoms with E-state index in [4.69, 9.17) is 0 Å². The Kier molecular flexibility index (Phi) is 6.71. The number of hydrogen-bond donors (Lipinski definition) is 1. The van der Waals surface area contributed by atoms with E-state index < -0.39 is 0 Å². The van der Waals surface area contributed by atoms with Gasteiger partial charge in [0, 0.05) is 12.1 Å². The molecule has 1 N–H and O–H groups in total.